The van der Waals surface area contributed by atoms with Gasteiger partial charge in [-0.05, 0) is 36.4 Å². The van der Waals surface area contributed by atoms with Gasteiger partial charge in [-0.2, -0.15) is 0 Å². The van der Waals surface area contributed by atoms with Gasteiger partial charge in [0.05, 0.1) is 27.4 Å². The summed E-state index contributed by atoms with van der Waals surface area (Å²) >= 11 is 6.87. The topological polar surface area (TPSA) is 97.4 Å². The van der Waals surface area contributed by atoms with Crippen LogP contribution in [0.5, 0.6) is 5.75 Å². The molecule has 1 amide bonds. The van der Waals surface area contributed by atoms with Gasteiger partial charge in [-0.1, -0.05) is 41.1 Å². The summed E-state index contributed by atoms with van der Waals surface area (Å²) in [6, 6.07) is 14.8. The number of aromatic nitrogens is 1. The molecule has 4 aromatic rings. The summed E-state index contributed by atoms with van der Waals surface area (Å²) in [5.41, 5.74) is 1.15. The van der Waals surface area contributed by atoms with Crippen LogP contribution in [0.3, 0.4) is 0 Å². The van der Waals surface area contributed by atoms with Crippen molar-refractivity contribution in [3.05, 3.63) is 77.1 Å². The Bertz CT molecular complexity index is 1430. The Hall–Kier alpha value is -3.21. The third kappa shape index (κ3) is 4.52. The minimum atomic E-state index is -4.04. The van der Waals surface area contributed by atoms with Crippen LogP contribution in [-0.4, -0.2) is 26.4 Å². The van der Waals surface area contributed by atoms with E-state index < -0.39 is 15.8 Å². The Morgan fingerprint density at radius 1 is 1.12 bits per heavy atom. The van der Waals surface area contributed by atoms with Gasteiger partial charge in [0.2, 0.25) is 0 Å². The number of hydrogen-bond acceptors (Lipinski definition) is 6. The van der Waals surface area contributed by atoms with Gasteiger partial charge in [0.25, 0.3) is 15.9 Å². The van der Waals surface area contributed by atoms with Crippen LogP contribution >= 0.6 is 22.9 Å². The number of ether oxygens (including phenoxy) is 1. The van der Waals surface area contributed by atoms with E-state index >= 15 is 0 Å². The molecule has 0 unspecified atom stereocenters. The first-order chi connectivity index (χ1) is 15.3. The molecule has 7 nitrogen and oxygen atoms in total. The largest absolute Gasteiger partial charge is 0.494 e. The molecule has 0 aliphatic rings. The third-order valence-electron chi connectivity index (χ3n) is 4.39. The molecule has 164 valence electrons. The molecule has 0 bridgehead atoms. The third-order valence-corrected chi connectivity index (χ3v) is 6.98. The second-order valence-electron chi connectivity index (χ2n) is 6.55. The van der Waals surface area contributed by atoms with Crippen molar-refractivity contribution in [2.75, 3.05) is 17.1 Å². The summed E-state index contributed by atoms with van der Waals surface area (Å²) < 4.78 is 47.2. The molecule has 0 saturated heterocycles. The molecule has 32 heavy (non-hydrogen) atoms. The number of benzene rings is 3. The zero-order valence-corrected chi connectivity index (χ0v) is 18.8. The van der Waals surface area contributed by atoms with Crippen molar-refractivity contribution in [1.29, 1.82) is 0 Å². The predicted molar refractivity (Wildman–Crippen MR) is 123 cm³/mol. The number of hydrogen-bond donors (Lipinski definition) is 2. The summed E-state index contributed by atoms with van der Waals surface area (Å²) in [7, 11) is -2.61. The van der Waals surface area contributed by atoms with Gasteiger partial charge in [-0.25, -0.2) is 17.8 Å². The van der Waals surface area contributed by atoms with E-state index in [1.165, 1.54) is 13.2 Å². The monoisotopic (exact) mass is 491 g/mol. The number of nitrogens with zero attached hydrogens (tertiary/aromatic N) is 1. The highest BCUT2D eigenvalue weighted by molar-refractivity contribution is 7.92. The highest BCUT2D eigenvalue weighted by Crippen LogP contribution is 2.36. The number of anilines is 2. The highest BCUT2D eigenvalue weighted by atomic mass is 35.5. The van der Waals surface area contributed by atoms with Crippen LogP contribution in [0.4, 0.5) is 15.2 Å². The zero-order valence-electron chi connectivity index (χ0n) is 16.4. The fourth-order valence-corrected chi connectivity index (χ4v) is 5.11. The molecular formula is C21H15ClFN3O4S2. The van der Waals surface area contributed by atoms with Crippen molar-refractivity contribution in [1.82, 2.24) is 4.98 Å². The second kappa shape index (κ2) is 8.73. The molecule has 1 heterocycles. The molecule has 3 aromatic carbocycles. The van der Waals surface area contributed by atoms with Gasteiger partial charge >= 0.3 is 0 Å². The van der Waals surface area contributed by atoms with Gasteiger partial charge in [0, 0.05) is 11.6 Å². The number of amides is 1. The summed E-state index contributed by atoms with van der Waals surface area (Å²) in [5, 5.41) is 2.76. The average molecular weight is 492 g/mol. The maximum atomic E-state index is 13.4. The van der Waals surface area contributed by atoms with Crippen molar-refractivity contribution in [2.45, 2.75) is 4.90 Å². The van der Waals surface area contributed by atoms with Crippen LogP contribution in [0.2, 0.25) is 5.02 Å². The molecule has 0 aliphatic heterocycles. The van der Waals surface area contributed by atoms with Crippen LogP contribution in [0, 0.1) is 5.82 Å². The van der Waals surface area contributed by atoms with Crippen molar-refractivity contribution < 1.29 is 22.3 Å². The smallest absolute Gasteiger partial charge is 0.261 e. The van der Waals surface area contributed by atoms with E-state index in [4.69, 9.17) is 16.3 Å². The zero-order chi connectivity index (χ0) is 22.9. The SMILES string of the molecule is COc1cc(NS(=O)(=O)c2ccc(F)c(Cl)c2)cc2sc(NC(=O)c3ccccc3)nc12. The van der Waals surface area contributed by atoms with E-state index in [0.29, 0.717) is 26.7 Å². The normalized spacial score (nSPS) is 11.3. The molecule has 0 radical (unpaired) electrons. The van der Waals surface area contributed by atoms with Crippen molar-refractivity contribution in [2.24, 2.45) is 0 Å². The number of methoxy groups -OCH3 is 1. The van der Waals surface area contributed by atoms with Crippen LogP contribution in [0.15, 0.2) is 65.6 Å². The molecule has 0 spiro atoms. The minimum absolute atomic E-state index is 0.192. The molecular weight excluding hydrogens is 477 g/mol. The lowest BCUT2D eigenvalue weighted by Crippen LogP contribution is -2.13. The van der Waals surface area contributed by atoms with E-state index in [1.807, 2.05) is 6.07 Å². The maximum absolute atomic E-state index is 13.4. The average Bonchev–Trinajstić information content (AvgIpc) is 3.17. The van der Waals surface area contributed by atoms with E-state index in [9.17, 15) is 17.6 Å². The molecule has 0 aliphatic carbocycles. The van der Waals surface area contributed by atoms with Crippen LogP contribution < -0.4 is 14.8 Å². The lowest BCUT2D eigenvalue weighted by molar-refractivity contribution is 0.102. The molecule has 4 rings (SSSR count). The molecule has 0 saturated carbocycles. The Kier molecular flexibility index (Phi) is 6.00. The van der Waals surface area contributed by atoms with E-state index in [1.54, 1.807) is 30.3 Å². The van der Waals surface area contributed by atoms with Crippen LogP contribution in [-0.2, 0) is 10.0 Å². The van der Waals surface area contributed by atoms with Gasteiger partial charge in [0.1, 0.15) is 17.1 Å². The Labute approximate surface area is 191 Å². The van der Waals surface area contributed by atoms with Gasteiger partial charge in [0.15, 0.2) is 5.13 Å². The van der Waals surface area contributed by atoms with Gasteiger partial charge in [-0.15, -0.1) is 0 Å². The van der Waals surface area contributed by atoms with E-state index in [-0.39, 0.29) is 21.5 Å². The number of carbonyl (C=O) groups excluding carboxylic acids is 1. The van der Waals surface area contributed by atoms with Crippen molar-refractivity contribution in [3.63, 3.8) is 0 Å². The first-order valence-corrected chi connectivity index (χ1v) is 11.8. The predicted octanol–water partition coefficient (Wildman–Crippen LogP) is 5.15. The van der Waals surface area contributed by atoms with Crippen LogP contribution in [0.1, 0.15) is 10.4 Å². The van der Waals surface area contributed by atoms with Crippen molar-refractivity contribution in [3.8, 4) is 5.75 Å². The quantitative estimate of drug-likeness (QED) is 0.388. The van der Waals surface area contributed by atoms with Gasteiger partial charge < -0.3 is 4.74 Å². The Balaban J connectivity index is 1.65. The van der Waals surface area contributed by atoms with Crippen molar-refractivity contribution >= 4 is 59.9 Å². The minimum Gasteiger partial charge on any atom is -0.494 e. The fourth-order valence-electron chi connectivity index (χ4n) is 2.88. The first-order valence-electron chi connectivity index (χ1n) is 9.09. The summed E-state index contributed by atoms with van der Waals surface area (Å²) in [4.78, 5) is 16.6. The Morgan fingerprint density at radius 2 is 1.88 bits per heavy atom. The maximum Gasteiger partial charge on any atom is 0.261 e. The van der Waals surface area contributed by atoms with E-state index in [2.05, 4.69) is 15.0 Å². The summed E-state index contributed by atoms with van der Waals surface area (Å²) in [5.74, 6) is -0.727. The van der Waals surface area contributed by atoms with Gasteiger partial charge in [-0.3, -0.25) is 14.8 Å². The second-order valence-corrected chi connectivity index (χ2v) is 9.67. The number of fused-ring (bicyclic) bond motifs is 1. The van der Waals surface area contributed by atoms with E-state index in [0.717, 1.165) is 29.5 Å². The highest BCUT2D eigenvalue weighted by Gasteiger charge is 2.19. The lowest BCUT2D eigenvalue weighted by Gasteiger charge is -2.10. The number of sulfonamides is 1. The molecule has 0 fully saturated rings. The Morgan fingerprint density at radius 3 is 2.56 bits per heavy atom. The number of halogens is 2. The summed E-state index contributed by atoms with van der Waals surface area (Å²) in [6.45, 7) is 0. The molecule has 0 atom stereocenters. The number of rotatable bonds is 6. The number of thiazole rings is 1. The molecule has 1 aromatic heterocycles. The summed E-state index contributed by atoms with van der Waals surface area (Å²) in [6.07, 6.45) is 0. The number of carbonyl (C=O) groups is 1. The molecule has 2 N–H and O–H groups in total. The number of nitrogens with one attached hydrogen (secondary N) is 2. The first kappa shape index (κ1) is 22.0. The fraction of sp³-hybridized carbons (Fsp3) is 0.0476. The standard InChI is InChI=1S/C21H15ClFN3O4S2/c1-30-17-9-13(26-32(28,29)14-7-8-16(23)15(22)11-14)10-18-19(17)24-21(31-18)25-20(27)12-5-3-2-4-6-12/h2-11,26H,1H3,(H,24,25,27). The molecule has 11 heteroatoms. The van der Waals surface area contributed by atoms with Crippen LogP contribution in [0.25, 0.3) is 10.2 Å². The lowest BCUT2D eigenvalue weighted by atomic mass is 10.2.